The highest BCUT2D eigenvalue weighted by Crippen LogP contribution is 2.24. The van der Waals surface area contributed by atoms with Crippen molar-refractivity contribution >= 4 is 12.1 Å². The number of carbonyl (C=O) groups is 2. The van der Waals surface area contributed by atoms with Crippen LogP contribution in [0.25, 0.3) is 0 Å². The van der Waals surface area contributed by atoms with Crippen LogP contribution in [0.4, 0.5) is 9.59 Å². The predicted octanol–water partition coefficient (Wildman–Crippen LogP) is -2.18. The van der Waals surface area contributed by atoms with Gasteiger partial charge in [-0.2, -0.15) is 0 Å². The van der Waals surface area contributed by atoms with Crippen molar-refractivity contribution in [3.63, 3.8) is 0 Å². The van der Waals surface area contributed by atoms with Gasteiger partial charge in [-0.1, -0.05) is 0 Å². The Kier molecular flexibility index (Phi) is 5.09. The molecule has 10 N–H and O–H groups in total. The second kappa shape index (κ2) is 6.35. The predicted molar refractivity (Wildman–Crippen MR) is 63.5 cm³/mol. The van der Waals surface area contributed by atoms with Gasteiger partial charge in [0.05, 0.1) is 12.1 Å². The van der Waals surface area contributed by atoms with E-state index in [2.05, 4.69) is 0 Å². The highest BCUT2D eigenvalue weighted by molar-refractivity contribution is 5.73. The van der Waals surface area contributed by atoms with Crippen LogP contribution in [-0.4, -0.2) is 34.2 Å². The van der Waals surface area contributed by atoms with Crippen LogP contribution in [0, 0.1) is 0 Å². The molecule has 2 unspecified atom stereocenters. The highest BCUT2D eigenvalue weighted by Gasteiger charge is 2.31. The number of hydrogen-bond acceptors (Lipinski definition) is 6. The maximum Gasteiger partial charge on any atom is 0.345 e. The van der Waals surface area contributed by atoms with Crippen molar-refractivity contribution in [1.29, 1.82) is 0 Å². The molecular formula is C8H20N8O2. The van der Waals surface area contributed by atoms with E-state index in [-0.39, 0.29) is 12.1 Å². The number of nitrogens with two attached hydrogens (primary N) is 4. The molecule has 0 radical (unpaired) electrons. The largest absolute Gasteiger partial charge is 0.345 e. The highest BCUT2D eigenvalue weighted by atomic mass is 16.2. The maximum absolute atomic E-state index is 11.3. The average molecular weight is 260 g/mol. The number of urea groups is 2. The van der Waals surface area contributed by atoms with Crippen LogP contribution in [-0.2, 0) is 0 Å². The van der Waals surface area contributed by atoms with Gasteiger partial charge in [0.2, 0.25) is 0 Å². The zero-order valence-electron chi connectivity index (χ0n) is 10.0. The molecule has 4 amide bonds. The summed E-state index contributed by atoms with van der Waals surface area (Å²) in [5, 5.41) is 2.06. The zero-order chi connectivity index (χ0) is 13.7. The van der Waals surface area contributed by atoms with Crippen molar-refractivity contribution in [3.8, 4) is 0 Å². The molecule has 0 aliphatic heterocycles. The molecule has 1 saturated carbocycles. The second-order valence-corrected chi connectivity index (χ2v) is 4.19. The molecule has 1 rings (SSSR count). The lowest BCUT2D eigenvalue weighted by Gasteiger charge is -2.37. The number of carbonyl (C=O) groups excluding carboxylic acids is 2. The van der Waals surface area contributed by atoms with E-state index >= 15 is 0 Å². The summed E-state index contributed by atoms with van der Waals surface area (Å²) >= 11 is 0. The third kappa shape index (κ3) is 3.20. The van der Waals surface area contributed by atoms with E-state index in [9.17, 15) is 9.59 Å². The smallest absolute Gasteiger partial charge is 0.275 e. The van der Waals surface area contributed by atoms with Crippen LogP contribution < -0.4 is 34.2 Å². The molecule has 1 fully saturated rings. The Labute approximate surface area is 104 Å². The number of hydrogen-bond donors (Lipinski definition) is 6. The monoisotopic (exact) mass is 260 g/mol. The lowest BCUT2D eigenvalue weighted by molar-refractivity contribution is 0.108. The zero-order valence-corrected chi connectivity index (χ0v) is 10.0. The van der Waals surface area contributed by atoms with Crippen molar-refractivity contribution in [1.82, 2.24) is 20.9 Å². The maximum atomic E-state index is 11.3. The van der Waals surface area contributed by atoms with Gasteiger partial charge in [-0.3, -0.25) is 20.9 Å². The van der Waals surface area contributed by atoms with E-state index in [1.165, 1.54) is 0 Å². The average Bonchev–Trinajstić information content (AvgIpc) is 2.43. The van der Waals surface area contributed by atoms with E-state index in [4.69, 9.17) is 23.4 Å². The van der Waals surface area contributed by atoms with Crippen LogP contribution in [0.2, 0.25) is 0 Å². The minimum Gasteiger partial charge on any atom is -0.275 e. The fraction of sp³-hybridized carbons (Fsp3) is 0.750. The van der Waals surface area contributed by atoms with Crippen molar-refractivity contribution in [3.05, 3.63) is 0 Å². The summed E-state index contributed by atoms with van der Waals surface area (Å²) in [6.07, 6.45) is 2.75. The molecule has 0 saturated heterocycles. The van der Waals surface area contributed by atoms with Crippen LogP contribution in [0.5, 0.6) is 0 Å². The third-order valence-corrected chi connectivity index (χ3v) is 3.12. The number of rotatable bonds is 2. The van der Waals surface area contributed by atoms with Gasteiger partial charge in [-0.15, -0.1) is 0 Å². The van der Waals surface area contributed by atoms with E-state index in [1.807, 2.05) is 10.9 Å². The van der Waals surface area contributed by atoms with Crippen LogP contribution in [0.15, 0.2) is 0 Å². The van der Waals surface area contributed by atoms with Gasteiger partial charge >= 0.3 is 12.1 Å². The van der Waals surface area contributed by atoms with Crippen molar-refractivity contribution in [2.75, 3.05) is 0 Å². The van der Waals surface area contributed by atoms with Gasteiger partial charge in [0.25, 0.3) is 0 Å². The Morgan fingerprint density at radius 2 is 1.33 bits per heavy atom. The Balaban J connectivity index is 2.60. The molecule has 2 atom stereocenters. The van der Waals surface area contributed by atoms with Gasteiger partial charge in [0, 0.05) is 0 Å². The molecule has 0 heterocycles. The van der Waals surface area contributed by atoms with E-state index in [0.29, 0.717) is 6.42 Å². The first-order chi connectivity index (χ1) is 8.51. The fourth-order valence-corrected chi connectivity index (χ4v) is 2.12. The lowest BCUT2D eigenvalue weighted by atomic mass is 9.90. The molecule has 0 aromatic rings. The molecule has 0 aromatic carbocycles. The summed E-state index contributed by atoms with van der Waals surface area (Å²) in [6.45, 7) is 0. The quantitative estimate of drug-likeness (QED) is 0.187. The number of hydrazine groups is 4. The third-order valence-electron chi connectivity index (χ3n) is 3.12. The second-order valence-electron chi connectivity index (χ2n) is 4.19. The van der Waals surface area contributed by atoms with Gasteiger partial charge in [0.1, 0.15) is 0 Å². The molecule has 0 aromatic heterocycles. The van der Waals surface area contributed by atoms with Gasteiger partial charge in [-0.25, -0.2) is 33.0 Å². The standard InChI is InChI=1S/C8H20N8O2/c9-13-7(17)15(11)5-2-1-3-6(4-5)16(12)8(18)14-10/h5-6H,1-4,9-12H2,(H,13,17)(H,14,18). The Bertz CT molecular complexity index is 283. The first kappa shape index (κ1) is 14.4. The molecule has 104 valence electrons. The first-order valence-electron chi connectivity index (χ1n) is 5.60. The van der Waals surface area contributed by atoms with Crippen molar-refractivity contribution in [2.45, 2.75) is 37.8 Å². The number of nitrogens with one attached hydrogen (secondary N) is 2. The molecule has 10 nitrogen and oxygen atoms in total. The first-order valence-corrected chi connectivity index (χ1v) is 5.60. The van der Waals surface area contributed by atoms with Crippen LogP contribution in [0.3, 0.4) is 0 Å². The summed E-state index contributed by atoms with van der Waals surface area (Å²) in [5.74, 6) is 21.3. The summed E-state index contributed by atoms with van der Waals surface area (Å²) in [6, 6.07) is -1.59. The Hall–Kier alpha value is -1.62. The molecule has 1 aliphatic rings. The lowest BCUT2D eigenvalue weighted by Crippen LogP contribution is -2.58. The molecule has 1 aliphatic carbocycles. The van der Waals surface area contributed by atoms with E-state index < -0.39 is 12.1 Å². The Morgan fingerprint density at radius 1 is 0.944 bits per heavy atom. The summed E-state index contributed by atoms with van der Waals surface area (Å²) < 4.78 is 0. The van der Waals surface area contributed by atoms with Gasteiger partial charge < -0.3 is 0 Å². The minimum atomic E-state index is -0.576. The number of nitrogens with zero attached hydrogens (tertiary/aromatic N) is 2. The van der Waals surface area contributed by atoms with E-state index in [1.54, 1.807) is 0 Å². The Morgan fingerprint density at radius 3 is 1.67 bits per heavy atom. The van der Waals surface area contributed by atoms with Crippen molar-refractivity contribution in [2.24, 2.45) is 23.4 Å². The summed E-state index contributed by atoms with van der Waals surface area (Å²) in [5.41, 5.74) is 3.92. The van der Waals surface area contributed by atoms with Crippen LogP contribution >= 0.6 is 0 Å². The summed E-state index contributed by atoms with van der Waals surface area (Å²) in [4.78, 5) is 22.6. The molecule has 0 spiro atoms. The molecule has 10 heteroatoms. The fourth-order valence-electron chi connectivity index (χ4n) is 2.12. The SMILES string of the molecule is NNC(=O)N(N)C1CCCC(N(N)C(=O)NN)C1. The molecular weight excluding hydrogens is 240 g/mol. The van der Waals surface area contributed by atoms with E-state index in [0.717, 1.165) is 29.3 Å². The van der Waals surface area contributed by atoms with Gasteiger partial charge in [-0.05, 0) is 25.7 Å². The minimum absolute atomic E-state index is 0.219. The summed E-state index contributed by atoms with van der Waals surface area (Å²) in [7, 11) is 0. The topological polar surface area (TPSA) is 169 Å². The molecule has 18 heavy (non-hydrogen) atoms. The van der Waals surface area contributed by atoms with Crippen molar-refractivity contribution < 1.29 is 9.59 Å². The van der Waals surface area contributed by atoms with Gasteiger partial charge in [0.15, 0.2) is 0 Å². The normalized spacial score (nSPS) is 23.1. The number of amides is 4. The van der Waals surface area contributed by atoms with Crippen LogP contribution in [0.1, 0.15) is 25.7 Å². The molecule has 0 bridgehead atoms.